The van der Waals surface area contributed by atoms with Gasteiger partial charge in [-0.15, -0.1) is 0 Å². The zero-order valence-corrected chi connectivity index (χ0v) is 16.4. The van der Waals surface area contributed by atoms with E-state index < -0.39 is 5.97 Å². The van der Waals surface area contributed by atoms with Gasteiger partial charge in [0.25, 0.3) is 0 Å². The van der Waals surface area contributed by atoms with Crippen LogP contribution in [0.3, 0.4) is 0 Å². The molecule has 0 fully saturated rings. The van der Waals surface area contributed by atoms with Gasteiger partial charge in [-0.2, -0.15) is 0 Å². The maximum absolute atomic E-state index is 12.7. The Morgan fingerprint density at radius 1 is 1.14 bits per heavy atom. The van der Waals surface area contributed by atoms with Crippen LogP contribution in [0.2, 0.25) is 0 Å². The van der Waals surface area contributed by atoms with Crippen molar-refractivity contribution < 1.29 is 19.1 Å². The first-order valence-electron chi connectivity index (χ1n) is 8.49. The molecule has 0 saturated heterocycles. The van der Waals surface area contributed by atoms with Crippen LogP contribution < -0.4 is 9.47 Å². The van der Waals surface area contributed by atoms with Crippen molar-refractivity contribution >= 4 is 33.8 Å². The number of allylic oxidation sites excluding steroid dienone is 1. The summed E-state index contributed by atoms with van der Waals surface area (Å²) in [7, 11) is 0. The van der Waals surface area contributed by atoms with E-state index in [1.807, 2.05) is 24.3 Å². The van der Waals surface area contributed by atoms with Crippen molar-refractivity contribution in [3.63, 3.8) is 0 Å². The third-order valence-corrected chi connectivity index (χ3v) is 5.05. The van der Waals surface area contributed by atoms with Crippen molar-refractivity contribution in [1.29, 1.82) is 0 Å². The summed E-state index contributed by atoms with van der Waals surface area (Å²) in [5.74, 6) is 0.228. The van der Waals surface area contributed by atoms with Crippen molar-refractivity contribution in [2.75, 3.05) is 0 Å². The van der Waals surface area contributed by atoms with E-state index in [-0.39, 0.29) is 11.5 Å². The predicted molar refractivity (Wildman–Crippen MR) is 107 cm³/mol. The first-order chi connectivity index (χ1) is 13.5. The molecule has 1 aliphatic rings. The van der Waals surface area contributed by atoms with Crippen LogP contribution in [0.15, 0.2) is 71.2 Å². The Balaban J connectivity index is 1.64. The minimum absolute atomic E-state index is 0.209. The second kappa shape index (κ2) is 7.40. The van der Waals surface area contributed by atoms with Gasteiger partial charge in [0.05, 0.1) is 11.1 Å². The van der Waals surface area contributed by atoms with Crippen LogP contribution in [0.4, 0.5) is 0 Å². The summed E-state index contributed by atoms with van der Waals surface area (Å²) in [6.07, 6.45) is 4.70. The summed E-state index contributed by atoms with van der Waals surface area (Å²) >= 11 is 3.46. The Labute approximate surface area is 169 Å². The lowest BCUT2D eigenvalue weighted by molar-refractivity contribution is 0.0732. The summed E-state index contributed by atoms with van der Waals surface area (Å²) in [6, 6.07) is 14.0. The number of esters is 1. The largest absolute Gasteiger partial charge is 0.452 e. The highest BCUT2D eigenvalue weighted by Gasteiger charge is 2.30. The van der Waals surface area contributed by atoms with Gasteiger partial charge in [-0.25, -0.2) is 4.79 Å². The molecule has 0 aliphatic carbocycles. The van der Waals surface area contributed by atoms with Gasteiger partial charge in [-0.3, -0.25) is 9.78 Å². The summed E-state index contributed by atoms with van der Waals surface area (Å²) in [5, 5.41) is 0. The second-order valence-electron chi connectivity index (χ2n) is 6.16. The molecule has 0 bridgehead atoms. The van der Waals surface area contributed by atoms with Crippen molar-refractivity contribution in [3.05, 3.63) is 93.4 Å². The van der Waals surface area contributed by atoms with Gasteiger partial charge in [0, 0.05) is 22.4 Å². The molecule has 0 N–H and O–H groups in total. The minimum atomic E-state index is -0.524. The highest BCUT2D eigenvalue weighted by atomic mass is 79.9. The summed E-state index contributed by atoms with van der Waals surface area (Å²) in [6.45, 7) is 1.75. The average molecular weight is 436 g/mol. The van der Waals surface area contributed by atoms with Gasteiger partial charge in [-0.1, -0.05) is 34.1 Å². The lowest BCUT2D eigenvalue weighted by Crippen LogP contribution is -2.09. The topological polar surface area (TPSA) is 65.5 Å². The number of fused-ring (bicyclic) bond motifs is 1. The monoisotopic (exact) mass is 435 g/mol. The Kier molecular flexibility index (Phi) is 4.79. The molecule has 0 unspecified atom stereocenters. The molecule has 5 nitrogen and oxygen atoms in total. The smallest absolute Gasteiger partial charge is 0.345 e. The van der Waals surface area contributed by atoms with E-state index in [4.69, 9.17) is 9.47 Å². The number of carbonyl (C=O) groups is 2. The van der Waals surface area contributed by atoms with Crippen LogP contribution in [0.1, 0.15) is 31.8 Å². The number of nitrogens with zero attached hydrogens (tertiary/aromatic N) is 1. The zero-order chi connectivity index (χ0) is 19.7. The SMILES string of the molecule is Cc1c(OC(=O)c2cccnc2)ccc2c1O/C(=C\c1ccccc1Br)C2=O. The Bertz CT molecular complexity index is 1120. The van der Waals surface area contributed by atoms with E-state index in [1.54, 1.807) is 43.5 Å². The van der Waals surface area contributed by atoms with Crippen LogP contribution >= 0.6 is 15.9 Å². The Hall–Kier alpha value is -3.25. The van der Waals surface area contributed by atoms with E-state index in [2.05, 4.69) is 20.9 Å². The maximum Gasteiger partial charge on any atom is 0.345 e. The quantitative estimate of drug-likeness (QED) is 0.329. The molecule has 1 aromatic heterocycles. The van der Waals surface area contributed by atoms with Gasteiger partial charge in [0.15, 0.2) is 5.76 Å². The van der Waals surface area contributed by atoms with Crippen molar-refractivity contribution in [1.82, 2.24) is 4.98 Å². The second-order valence-corrected chi connectivity index (χ2v) is 7.01. The summed E-state index contributed by atoms with van der Waals surface area (Å²) < 4.78 is 12.2. The molecular weight excluding hydrogens is 422 g/mol. The molecule has 3 aromatic rings. The number of rotatable bonds is 3. The van der Waals surface area contributed by atoms with Gasteiger partial charge >= 0.3 is 5.97 Å². The number of Topliss-reactive ketones (excluding diaryl/α,β-unsaturated/α-hetero) is 1. The number of ketones is 1. The molecule has 2 aromatic carbocycles. The van der Waals surface area contributed by atoms with E-state index >= 15 is 0 Å². The third-order valence-electron chi connectivity index (χ3n) is 4.33. The molecule has 0 radical (unpaired) electrons. The fourth-order valence-corrected chi connectivity index (χ4v) is 3.25. The number of hydrogen-bond acceptors (Lipinski definition) is 5. The molecule has 0 spiro atoms. The first kappa shape index (κ1) is 18.1. The van der Waals surface area contributed by atoms with Gasteiger partial charge in [0.1, 0.15) is 11.5 Å². The highest BCUT2D eigenvalue weighted by molar-refractivity contribution is 9.10. The Morgan fingerprint density at radius 2 is 1.96 bits per heavy atom. The van der Waals surface area contributed by atoms with Gasteiger partial charge < -0.3 is 9.47 Å². The van der Waals surface area contributed by atoms with E-state index in [9.17, 15) is 9.59 Å². The molecule has 2 heterocycles. The number of ether oxygens (including phenoxy) is 2. The van der Waals surface area contributed by atoms with Crippen molar-refractivity contribution in [2.24, 2.45) is 0 Å². The number of carbonyl (C=O) groups excluding carboxylic acids is 2. The minimum Gasteiger partial charge on any atom is -0.452 e. The van der Waals surface area contributed by atoms with Crippen LogP contribution in [-0.2, 0) is 0 Å². The number of halogens is 1. The number of pyridine rings is 1. The van der Waals surface area contributed by atoms with Gasteiger partial charge in [-0.05, 0) is 48.9 Å². The first-order valence-corrected chi connectivity index (χ1v) is 9.28. The van der Waals surface area contributed by atoms with Crippen LogP contribution in [-0.4, -0.2) is 16.7 Å². The zero-order valence-electron chi connectivity index (χ0n) is 14.8. The van der Waals surface area contributed by atoms with E-state index in [0.29, 0.717) is 28.2 Å². The summed E-state index contributed by atoms with van der Waals surface area (Å²) in [4.78, 5) is 28.9. The molecule has 6 heteroatoms. The van der Waals surface area contributed by atoms with Crippen LogP contribution in [0.5, 0.6) is 11.5 Å². The standard InChI is InChI=1S/C22H14BrNO4/c1-13-18(28-22(26)15-6-4-10-24-12-15)9-8-16-20(25)19(27-21(13)16)11-14-5-2-3-7-17(14)23/h2-12H,1H3/b19-11-. The molecule has 1 aliphatic heterocycles. The molecule has 0 saturated carbocycles. The predicted octanol–water partition coefficient (Wildman–Crippen LogP) is 4.99. The Morgan fingerprint density at radius 3 is 2.71 bits per heavy atom. The molecule has 0 atom stereocenters. The third kappa shape index (κ3) is 3.34. The molecular formula is C22H14BrNO4. The maximum atomic E-state index is 12.7. The van der Waals surface area contributed by atoms with Crippen LogP contribution in [0.25, 0.3) is 6.08 Å². The fourth-order valence-electron chi connectivity index (χ4n) is 2.85. The summed E-state index contributed by atoms with van der Waals surface area (Å²) in [5.41, 5.74) is 2.20. The fraction of sp³-hybridized carbons (Fsp3) is 0.0455. The normalized spacial score (nSPS) is 13.9. The number of benzene rings is 2. The highest BCUT2D eigenvalue weighted by Crippen LogP contribution is 2.39. The number of hydrogen-bond donors (Lipinski definition) is 0. The van der Waals surface area contributed by atoms with E-state index in [1.165, 1.54) is 6.20 Å². The lowest BCUT2D eigenvalue weighted by atomic mass is 10.1. The van der Waals surface area contributed by atoms with Crippen molar-refractivity contribution in [3.8, 4) is 11.5 Å². The number of aromatic nitrogens is 1. The molecule has 138 valence electrons. The molecule has 4 rings (SSSR count). The molecule has 28 heavy (non-hydrogen) atoms. The van der Waals surface area contributed by atoms with Crippen molar-refractivity contribution in [2.45, 2.75) is 6.92 Å². The average Bonchev–Trinajstić information content (AvgIpc) is 3.03. The van der Waals surface area contributed by atoms with E-state index in [0.717, 1.165) is 10.0 Å². The van der Waals surface area contributed by atoms with Crippen LogP contribution in [0, 0.1) is 6.92 Å². The van der Waals surface area contributed by atoms with Gasteiger partial charge in [0.2, 0.25) is 5.78 Å². The lowest BCUT2D eigenvalue weighted by Gasteiger charge is -2.10. The molecule has 0 amide bonds.